The summed E-state index contributed by atoms with van der Waals surface area (Å²) in [6.07, 6.45) is 0. The third-order valence-corrected chi connectivity index (χ3v) is 3.84. The van der Waals surface area contributed by atoms with E-state index in [4.69, 9.17) is 17.3 Å². The maximum Gasteiger partial charge on any atom is 0.0494 e. The first-order chi connectivity index (χ1) is 9.13. The van der Waals surface area contributed by atoms with Crippen molar-refractivity contribution < 1.29 is 0 Å². The van der Waals surface area contributed by atoms with E-state index >= 15 is 0 Å². The van der Waals surface area contributed by atoms with Crippen molar-refractivity contribution in [3.8, 4) is 0 Å². The minimum atomic E-state index is 0.106. The Labute approximate surface area is 118 Å². The normalized spacial score (nSPS) is 17.6. The molecule has 98 valence electrons. The van der Waals surface area contributed by atoms with Crippen molar-refractivity contribution in [3.05, 3.63) is 64.2 Å². The summed E-state index contributed by atoms with van der Waals surface area (Å²) in [5.74, 6) is 0. The zero-order valence-electron chi connectivity index (χ0n) is 10.9. The van der Waals surface area contributed by atoms with Gasteiger partial charge >= 0.3 is 0 Å². The molecule has 2 aromatic carbocycles. The van der Waals surface area contributed by atoms with Crippen LogP contribution < -0.4 is 10.6 Å². The molecule has 1 atom stereocenters. The Hall–Kier alpha value is -1.51. The van der Waals surface area contributed by atoms with E-state index in [9.17, 15) is 0 Å². The van der Waals surface area contributed by atoms with E-state index in [0.29, 0.717) is 0 Å². The second kappa shape index (κ2) is 4.87. The third-order valence-electron chi connectivity index (χ3n) is 3.60. The summed E-state index contributed by atoms with van der Waals surface area (Å²) in [5.41, 5.74) is 11.2. The van der Waals surface area contributed by atoms with Gasteiger partial charge in [-0.3, -0.25) is 0 Å². The quantitative estimate of drug-likeness (QED) is 0.904. The average Bonchev–Trinajstić information content (AvgIpc) is 2.66. The highest BCUT2D eigenvalue weighted by Crippen LogP contribution is 2.35. The van der Waals surface area contributed by atoms with Gasteiger partial charge in [-0.15, -0.1) is 0 Å². The lowest BCUT2D eigenvalue weighted by Gasteiger charge is -2.19. The van der Waals surface area contributed by atoms with Gasteiger partial charge in [0.25, 0.3) is 0 Å². The molecule has 2 nitrogen and oxygen atoms in total. The molecule has 2 aromatic rings. The first kappa shape index (κ1) is 12.5. The van der Waals surface area contributed by atoms with E-state index in [1.807, 2.05) is 18.2 Å². The van der Waals surface area contributed by atoms with E-state index in [1.165, 1.54) is 22.4 Å². The van der Waals surface area contributed by atoms with Crippen LogP contribution in [0.2, 0.25) is 5.02 Å². The van der Waals surface area contributed by atoms with E-state index < -0.39 is 0 Å². The molecular formula is C16H17ClN2. The van der Waals surface area contributed by atoms with Gasteiger partial charge in [0, 0.05) is 29.8 Å². The number of benzene rings is 2. The summed E-state index contributed by atoms with van der Waals surface area (Å²) in [5, 5.41) is 0.783. The highest BCUT2D eigenvalue weighted by Gasteiger charge is 2.25. The van der Waals surface area contributed by atoms with Crippen molar-refractivity contribution in [1.82, 2.24) is 0 Å². The highest BCUT2D eigenvalue weighted by molar-refractivity contribution is 6.30. The van der Waals surface area contributed by atoms with Crippen molar-refractivity contribution in [1.29, 1.82) is 0 Å². The van der Waals surface area contributed by atoms with E-state index in [0.717, 1.165) is 18.1 Å². The van der Waals surface area contributed by atoms with Gasteiger partial charge in [0.15, 0.2) is 0 Å². The average molecular weight is 273 g/mol. The zero-order valence-corrected chi connectivity index (χ0v) is 11.7. The molecule has 1 aliphatic rings. The summed E-state index contributed by atoms with van der Waals surface area (Å²) in [7, 11) is 0. The molecule has 1 aliphatic heterocycles. The van der Waals surface area contributed by atoms with Gasteiger partial charge in [-0.2, -0.15) is 0 Å². The molecule has 0 aliphatic carbocycles. The number of rotatable bonds is 2. The molecule has 0 spiro atoms. The van der Waals surface area contributed by atoms with Crippen LogP contribution in [0.1, 0.15) is 22.7 Å². The Morgan fingerprint density at radius 2 is 2.11 bits per heavy atom. The van der Waals surface area contributed by atoms with Gasteiger partial charge in [-0.25, -0.2) is 0 Å². The minimum Gasteiger partial charge on any atom is -0.365 e. The van der Waals surface area contributed by atoms with Crippen LogP contribution in [0.15, 0.2) is 42.5 Å². The third kappa shape index (κ3) is 2.46. The predicted molar refractivity (Wildman–Crippen MR) is 80.6 cm³/mol. The molecular weight excluding hydrogens is 256 g/mol. The number of nitrogens with two attached hydrogens (primary N) is 1. The smallest absolute Gasteiger partial charge is 0.0494 e. The van der Waals surface area contributed by atoms with E-state index in [1.54, 1.807) is 0 Å². The summed E-state index contributed by atoms with van der Waals surface area (Å²) < 4.78 is 0. The predicted octanol–water partition coefficient (Wildman–Crippen LogP) is 3.67. The zero-order chi connectivity index (χ0) is 13.4. The van der Waals surface area contributed by atoms with Crippen LogP contribution in [-0.2, 0) is 6.54 Å². The van der Waals surface area contributed by atoms with Crippen LogP contribution in [0.5, 0.6) is 0 Å². The van der Waals surface area contributed by atoms with Gasteiger partial charge in [-0.05, 0) is 36.2 Å². The molecule has 3 heteroatoms. The fraction of sp³-hybridized carbons (Fsp3) is 0.250. The van der Waals surface area contributed by atoms with Crippen molar-refractivity contribution in [2.75, 3.05) is 11.4 Å². The first-order valence-corrected chi connectivity index (χ1v) is 6.87. The lowest BCUT2D eigenvalue weighted by molar-refractivity contribution is 0.720. The van der Waals surface area contributed by atoms with Gasteiger partial charge < -0.3 is 10.6 Å². The molecule has 0 aromatic heterocycles. The molecule has 0 fully saturated rings. The molecule has 0 radical (unpaired) electrons. The number of hydrogen-bond donors (Lipinski definition) is 1. The number of fused-ring (bicyclic) bond motifs is 1. The summed E-state index contributed by atoms with van der Waals surface area (Å²) >= 11 is 6.04. The Morgan fingerprint density at radius 1 is 1.26 bits per heavy atom. The van der Waals surface area contributed by atoms with Gasteiger partial charge in [-0.1, -0.05) is 41.4 Å². The monoisotopic (exact) mass is 272 g/mol. The lowest BCUT2D eigenvalue weighted by atomic mass is 10.1. The number of anilines is 1. The van der Waals surface area contributed by atoms with Crippen LogP contribution in [0.4, 0.5) is 5.69 Å². The topological polar surface area (TPSA) is 29.3 Å². The highest BCUT2D eigenvalue weighted by atomic mass is 35.5. The fourth-order valence-corrected chi connectivity index (χ4v) is 2.91. The maximum absolute atomic E-state index is 6.22. The van der Waals surface area contributed by atoms with Crippen LogP contribution in [0.3, 0.4) is 0 Å². The van der Waals surface area contributed by atoms with E-state index in [2.05, 4.69) is 36.1 Å². The molecule has 0 saturated carbocycles. The molecule has 1 heterocycles. The van der Waals surface area contributed by atoms with Crippen LogP contribution in [0.25, 0.3) is 0 Å². The minimum absolute atomic E-state index is 0.106. The largest absolute Gasteiger partial charge is 0.365 e. The summed E-state index contributed by atoms with van der Waals surface area (Å²) in [6, 6.07) is 14.6. The fourth-order valence-electron chi connectivity index (χ4n) is 2.70. The summed E-state index contributed by atoms with van der Waals surface area (Å²) in [6.45, 7) is 3.82. The van der Waals surface area contributed by atoms with Crippen molar-refractivity contribution in [3.63, 3.8) is 0 Å². The molecule has 2 N–H and O–H groups in total. The Balaban J connectivity index is 1.89. The number of nitrogens with zero attached hydrogens (tertiary/aromatic N) is 1. The van der Waals surface area contributed by atoms with Crippen molar-refractivity contribution >= 4 is 17.3 Å². The summed E-state index contributed by atoms with van der Waals surface area (Å²) in [4.78, 5) is 2.32. The molecule has 0 bridgehead atoms. The molecule has 1 unspecified atom stereocenters. The maximum atomic E-state index is 6.22. The second-order valence-electron chi connectivity index (χ2n) is 5.18. The van der Waals surface area contributed by atoms with Crippen LogP contribution in [0, 0.1) is 6.92 Å². The van der Waals surface area contributed by atoms with Gasteiger partial charge in [0.05, 0.1) is 0 Å². The molecule has 19 heavy (non-hydrogen) atoms. The Bertz CT molecular complexity index is 609. The van der Waals surface area contributed by atoms with E-state index in [-0.39, 0.29) is 6.04 Å². The standard InChI is InChI=1S/C16H17ClN2/c1-11-5-6-16-14(7-11)15(18)10-19(16)9-12-3-2-4-13(17)8-12/h2-8,15H,9-10,18H2,1H3. The van der Waals surface area contributed by atoms with Crippen LogP contribution >= 0.6 is 11.6 Å². The number of aryl methyl sites for hydroxylation is 1. The molecule has 0 amide bonds. The van der Waals surface area contributed by atoms with Gasteiger partial charge in [0.1, 0.15) is 0 Å². The lowest BCUT2D eigenvalue weighted by Crippen LogP contribution is -2.23. The first-order valence-electron chi connectivity index (χ1n) is 6.49. The SMILES string of the molecule is Cc1ccc2c(c1)C(N)CN2Cc1cccc(Cl)c1. The van der Waals surface area contributed by atoms with Gasteiger partial charge in [0.2, 0.25) is 0 Å². The molecule has 0 saturated heterocycles. The van der Waals surface area contributed by atoms with Crippen molar-refractivity contribution in [2.24, 2.45) is 5.73 Å². The second-order valence-corrected chi connectivity index (χ2v) is 5.62. The molecule has 3 rings (SSSR count). The van der Waals surface area contributed by atoms with Crippen LogP contribution in [-0.4, -0.2) is 6.54 Å². The number of hydrogen-bond acceptors (Lipinski definition) is 2. The Morgan fingerprint density at radius 3 is 2.89 bits per heavy atom. The number of halogens is 1. The van der Waals surface area contributed by atoms with Crippen molar-refractivity contribution in [2.45, 2.75) is 19.5 Å². The Kier molecular flexibility index (Phi) is 3.21.